The summed E-state index contributed by atoms with van der Waals surface area (Å²) in [7, 11) is 3.12. The van der Waals surface area contributed by atoms with Crippen molar-refractivity contribution in [1.29, 1.82) is 0 Å². The van der Waals surface area contributed by atoms with E-state index >= 15 is 0 Å². The summed E-state index contributed by atoms with van der Waals surface area (Å²) in [6.45, 7) is 0.824. The maximum Gasteiger partial charge on any atom is 0.253 e. The number of ether oxygens (including phenoxy) is 1. The standard InChI is InChI=1S/C11H15FN2O2/c1-13-10-8(4-3-5-9(10)12)11(15)14-6-7-16-2/h3-5,13H,6-7H2,1-2H3,(H,14,15). The predicted octanol–water partition coefficient (Wildman–Crippen LogP) is 1.24. The summed E-state index contributed by atoms with van der Waals surface area (Å²) >= 11 is 0. The average molecular weight is 226 g/mol. The molecule has 0 aromatic heterocycles. The van der Waals surface area contributed by atoms with Crippen molar-refractivity contribution in [3.63, 3.8) is 0 Å². The van der Waals surface area contributed by atoms with E-state index in [9.17, 15) is 9.18 Å². The maximum absolute atomic E-state index is 13.3. The second-order valence-corrected chi connectivity index (χ2v) is 3.16. The van der Waals surface area contributed by atoms with Crippen LogP contribution in [-0.2, 0) is 4.74 Å². The van der Waals surface area contributed by atoms with Crippen molar-refractivity contribution in [2.45, 2.75) is 0 Å². The number of hydrogen-bond acceptors (Lipinski definition) is 3. The van der Waals surface area contributed by atoms with E-state index in [0.29, 0.717) is 18.7 Å². The SMILES string of the molecule is CNc1c(F)cccc1C(=O)NCCOC. The lowest BCUT2D eigenvalue weighted by molar-refractivity contribution is 0.0937. The molecule has 88 valence electrons. The lowest BCUT2D eigenvalue weighted by Crippen LogP contribution is -2.27. The summed E-state index contributed by atoms with van der Waals surface area (Å²) in [5, 5.41) is 5.30. The fraction of sp³-hybridized carbons (Fsp3) is 0.364. The van der Waals surface area contributed by atoms with E-state index < -0.39 is 5.82 Å². The molecule has 0 unspecified atom stereocenters. The minimum Gasteiger partial charge on any atom is -0.385 e. The number of anilines is 1. The molecule has 1 aromatic rings. The lowest BCUT2D eigenvalue weighted by Gasteiger charge is -2.10. The van der Waals surface area contributed by atoms with Crippen molar-refractivity contribution < 1.29 is 13.9 Å². The van der Waals surface area contributed by atoms with Gasteiger partial charge in [-0.3, -0.25) is 4.79 Å². The first kappa shape index (κ1) is 12.4. The molecule has 0 fully saturated rings. The van der Waals surface area contributed by atoms with Gasteiger partial charge in [-0.2, -0.15) is 0 Å². The van der Waals surface area contributed by atoms with Crippen LogP contribution >= 0.6 is 0 Å². The second-order valence-electron chi connectivity index (χ2n) is 3.16. The van der Waals surface area contributed by atoms with Crippen molar-refractivity contribution >= 4 is 11.6 Å². The molecule has 1 aromatic carbocycles. The molecule has 0 spiro atoms. The minimum atomic E-state index is -0.443. The molecule has 0 aliphatic rings. The molecular weight excluding hydrogens is 211 g/mol. The fourth-order valence-electron chi connectivity index (χ4n) is 1.33. The Morgan fingerprint density at radius 3 is 2.88 bits per heavy atom. The van der Waals surface area contributed by atoms with Gasteiger partial charge in [0.2, 0.25) is 0 Å². The van der Waals surface area contributed by atoms with Gasteiger partial charge in [-0.25, -0.2) is 4.39 Å². The number of methoxy groups -OCH3 is 1. The largest absolute Gasteiger partial charge is 0.385 e. The topological polar surface area (TPSA) is 50.4 Å². The summed E-state index contributed by atoms with van der Waals surface area (Å²) in [5.41, 5.74) is 0.496. The minimum absolute atomic E-state index is 0.206. The van der Waals surface area contributed by atoms with Crippen molar-refractivity contribution in [3.8, 4) is 0 Å². The Morgan fingerprint density at radius 1 is 1.50 bits per heavy atom. The number of amides is 1. The molecule has 0 atom stereocenters. The first-order valence-corrected chi connectivity index (χ1v) is 4.94. The van der Waals surface area contributed by atoms with Crippen LogP contribution in [0.25, 0.3) is 0 Å². The number of rotatable bonds is 5. The summed E-state index contributed by atoms with van der Waals surface area (Å²) in [6, 6.07) is 4.37. The molecule has 4 nitrogen and oxygen atoms in total. The molecular formula is C11H15FN2O2. The van der Waals surface area contributed by atoms with Gasteiger partial charge in [0.05, 0.1) is 17.9 Å². The number of hydrogen-bond donors (Lipinski definition) is 2. The molecule has 5 heteroatoms. The second kappa shape index (κ2) is 6.07. The van der Waals surface area contributed by atoms with Crippen LogP contribution < -0.4 is 10.6 Å². The smallest absolute Gasteiger partial charge is 0.253 e. The Balaban J connectivity index is 2.78. The molecule has 1 amide bonds. The molecule has 0 aliphatic carbocycles. The lowest BCUT2D eigenvalue weighted by atomic mass is 10.1. The Labute approximate surface area is 93.8 Å². The molecule has 2 N–H and O–H groups in total. The van der Waals surface area contributed by atoms with Crippen molar-refractivity contribution in [2.75, 3.05) is 32.6 Å². The number of benzene rings is 1. The first-order chi connectivity index (χ1) is 7.70. The van der Waals surface area contributed by atoms with Gasteiger partial charge in [-0.1, -0.05) is 6.07 Å². The maximum atomic E-state index is 13.3. The Kier molecular flexibility index (Phi) is 4.72. The van der Waals surface area contributed by atoms with Crippen molar-refractivity contribution in [2.24, 2.45) is 0 Å². The van der Waals surface area contributed by atoms with E-state index in [1.54, 1.807) is 20.2 Å². The number of halogens is 1. The Hall–Kier alpha value is -1.62. The molecule has 16 heavy (non-hydrogen) atoms. The van der Waals surface area contributed by atoms with Gasteiger partial charge in [0.25, 0.3) is 5.91 Å². The third kappa shape index (κ3) is 2.93. The van der Waals surface area contributed by atoms with Gasteiger partial charge in [0.1, 0.15) is 5.82 Å². The zero-order valence-corrected chi connectivity index (χ0v) is 9.34. The number of para-hydroxylation sites is 1. The van der Waals surface area contributed by atoms with Crippen LogP contribution in [0.4, 0.5) is 10.1 Å². The van der Waals surface area contributed by atoms with Gasteiger partial charge < -0.3 is 15.4 Å². The normalized spacial score (nSPS) is 9.94. The van der Waals surface area contributed by atoms with E-state index in [1.165, 1.54) is 12.1 Å². The summed E-state index contributed by atoms with van der Waals surface area (Å²) in [5.74, 6) is -0.761. The monoisotopic (exact) mass is 226 g/mol. The summed E-state index contributed by atoms with van der Waals surface area (Å²) in [6.07, 6.45) is 0. The van der Waals surface area contributed by atoms with E-state index in [-0.39, 0.29) is 11.6 Å². The Morgan fingerprint density at radius 2 is 2.25 bits per heavy atom. The van der Waals surface area contributed by atoms with Crippen molar-refractivity contribution in [3.05, 3.63) is 29.6 Å². The number of carbonyl (C=O) groups is 1. The average Bonchev–Trinajstić information content (AvgIpc) is 2.29. The quantitative estimate of drug-likeness (QED) is 0.743. The summed E-state index contributed by atoms with van der Waals surface area (Å²) in [4.78, 5) is 11.7. The highest BCUT2D eigenvalue weighted by atomic mass is 19.1. The molecule has 0 heterocycles. The number of carbonyl (C=O) groups excluding carboxylic acids is 1. The van der Waals surface area contributed by atoms with Crippen molar-refractivity contribution in [1.82, 2.24) is 5.32 Å². The zero-order valence-electron chi connectivity index (χ0n) is 9.34. The third-order valence-electron chi connectivity index (χ3n) is 2.10. The Bertz CT molecular complexity index is 369. The van der Waals surface area contributed by atoms with Gasteiger partial charge in [-0.05, 0) is 12.1 Å². The highest BCUT2D eigenvalue weighted by Crippen LogP contribution is 2.18. The van der Waals surface area contributed by atoms with Crippen LogP contribution in [0.3, 0.4) is 0 Å². The van der Waals surface area contributed by atoms with Gasteiger partial charge in [0.15, 0.2) is 0 Å². The van der Waals surface area contributed by atoms with E-state index in [4.69, 9.17) is 4.74 Å². The summed E-state index contributed by atoms with van der Waals surface area (Å²) < 4.78 is 18.1. The highest BCUT2D eigenvalue weighted by Gasteiger charge is 2.13. The molecule has 0 saturated carbocycles. The zero-order chi connectivity index (χ0) is 12.0. The highest BCUT2D eigenvalue weighted by molar-refractivity contribution is 5.99. The van der Waals surface area contributed by atoms with Crippen LogP contribution in [0.15, 0.2) is 18.2 Å². The van der Waals surface area contributed by atoms with E-state index in [1.807, 2.05) is 0 Å². The van der Waals surface area contributed by atoms with Gasteiger partial charge in [0, 0.05) is 20.7 Å². The molecule has 0 radical (unpaired) electrons. The molecule has 0 saturated heterocycles. The third-order valence-corrected chi connectivity index (χ3v) is 2.10. The van der Waals surface area contributed by atoms with Crippen LogP contribution in [0, 0.1) is 5.82 Å². The molecule has 0 bridgehead atoms. The fourth-order valence-corrected chi connectivity index (χ4v) is 1.33. The van der Waals surface area contributed by atoms with Gasteiger partial charge >= 0.3 is 0 Å². The van der Waals surface area contributed by atoms with Crippen LogP contribution in [0.1, 0.15) is 10.4 Å². The first-order valence-electron chi connectivity index (χ1n) is 4.94. The molecule has 0 aliphatic heterocycles. The number of nitrogens with one attached hydrogen (secondary N) is 2. The molecule has 1 rings (SSSR count). The van der Waals surface area contributed by atoms with Crippen LogP contribution in [0.2, 0.25) is 0 Å². The van der Waals surface area contributed by atoms with Crippen LogP contribution in [-0.4, -0.2) is 33.2 Å². The predicted molar refractivity (Wildman–Crippen MR) is 60.2 cm³/mol. The van der Waals surface area contributed by atoms with Crippen LogP contribution in [0.5, 0.6) is 0 Å². The van der Waals surface area contributed by atoms with E-state index in [0.717, 1.165) is 0 Å². The van der Waals surface area contributed by atoms with Gasteiger partial charge in [-0.15, -0.1) is 0 Å². The van der Waals surface area contributed by atoms with E-state index in [2.05, 4.69) is 10.6 Å².